The Bertz CT molecular complexity index is 417. The highest BCUT2D eigenvalue weighted by atomic mass is 16.6. The summed E-state index contributed by atoms with van der Waals surface area (Å²) in [6, 6.07) is 6.85. The lowest BCUT2D eigenvalue weighted by Gasteiger charge is -2.15. The van der Waals surface area contributed by atoms with E-state index in [4.69, 9.17) is 0 Å². The van der Waals surface area contributed by atoms with Crippen molar-refractivity contribution in [3.8, 4) is 0 Å². The maximum absolute atomic E-state index is 10.5. The van der Waals surface area contributed by atoms with E-state index >= 15 is 0 Å². The molecule has 1 aliphatic rings. The smallest absolute Gasteiger partial charge is 0.269 e. The van der Waals surface area contributed by atoms with E-state index in [2.05, 4.69) is 12.2 Å². The molecule has 1 fully saturated rings. The Morgan fingerprint density at radius 1 is 1.32 bits per heavy atom. The second kappa shape index (κ2) is 6.66. The molecule has 0 saturated heterocycles. The van der Waals surface area contributed by atoms with Crippen molar-refractivity contribution in [1.29, 1.82) is 0 Å². The fraction of sp³-hybridized carbons (Fsp3) is 0.600. The summed E-state index contributed by atoms with van der Waals surface area (Å²) in [5, 5.41) is 14.1. The van der Waals surface area contributed by atoms with Crippen LogP contribution in [0.4, 0.5) is 5.69 Å². The van der Waals surface area contributed by atoms with Crippen LogP contribution >= 0.6 is 0 Å². The van der Waals surface area contributed by atoms with Crippen molar-refractivity contribution in [3.63, 3.8) is 0 Å². The van der Waals surface area contributed by atoms with Crippen LogP contribution < -0.4 is 5.32 Å². The summed E-state index contributed by atoms with van der Waals surface area (Å²) in [6.07, 6.45) is 5.02. The number of rotatable bonds is 6. The van der Waals surface area contributed by atoms with Crippen molar-refractivity contribution in [2.24, 2.45) is 11.8 Å². The summed E-state index contributed by atoms with van der Waals surface area (Å²) < 4.78 is 0. The van der Waals surface area contributed by atoms with Gasteiger partial charge in [0.25, 0.3) is 5.69 Å². The van der Waals surface area contributed by atoms with Gasteiger partial charge in [0.05, 0.1) is 4.92 Å². The molecular weight excluding hydrogens is 240 g/mol. The van der Waals surface area contributed by atoms with Gasteiger partial charge in [0.2, 0.25) is 0 Å². The number of nitro benzene ring substituents is 1. The molecule has 4 nitrogen and oxygen atoms in total. The number of hydrogen-bond donors (Lipinski definition) is 1. The van der Waals surface area contributed by atoms with Gasteiger partial charge < -0.3 is 5.32 Å². The molecule has 2 unspecified atom stereocenters. The Morgan fingerprint density at radius 3 is 2.63 bits per heavy atom. The van der Waals surface area contributed by atoms with E-state index in [1.807, 2.05) is 12.1 Å². The first-order valence-corrected chi connectivity index (χ1v) is 7.11. The fourth-order valence-corrected chi connectivity index (χ4v) is 2.83. The van der Waals surface area contributed by atoms with Gasteiger partial charge in [-0.15, -0.1) is 0 Å². The van der Waals surface area contributed by atoms with E-state index in [-0.39, 0.29) is 10.6 Å². The van der Waals surface area contributed by atoms with Crippen molar-refractivity contribution in [1.82, 2.24) is 5.32 Å². The van der Waals surface area contributed by atoms with Gasteiger partial charge in [-0.05, 0) is 43.3 Å². The average molecular weight is 262 g/mol. The lowest BCUT2D eigenvalue weighted by Crippen LogP contribution is -2.26. The normalized spacial score (nSPS) is 22.6. The third kappa shape index (κ3) is 4.03. The number of nitrogens with zero attached hydrogens (tertiary/aromatic N) is 1. The SMILES string of the molecule is CC1CCCC1CNCCc1ccc([N+](=O)[O-])cc1. The average Bonchev–Trinajstić information content (AvgIpc) is 2.81. The zero-order valence-electron chi connectivity index (χ0n) is 11.5. The molecule has 1 aromatic rings. The molecule has 2 atom stereocenters. The second-order valence-corrected chi connectivity index (χ2v) is 5.55. The van der Waals surface area contributed by atoms with Crippen LogP contribution in [0.15, 0.2) is 24.3 Å². The minimum absolute atomic E-state index is 0.163. The van der Waals surface area contributed by atoms with Gasteiger partial charge in [-0.3, -0.25) is 10.1 Å². The highest BCUT2D eigenvalue weighted by molar-refractivity contribution is 5.32. The molecule has 1 aliphatic carbocycles. The first-order valence-electron chi connectivity index (χ1n) is 7.11. The van der Waals surface area contributed by atoms with E-state index in [0.29, 0.717) is 0 Å². The van der Waals surface area contributed by atoms with Crippen LogP contribution in [0.1, 0.15) is 31.7 Å². The maximum Gasteiger partial charge on any atom is 0.269 e. The number of non-ortho nitro benzene ring substituents is 1. The first kappa shape index (κ1) is 14.0. The lowest BCUT2D eigenvalue weighted by molar-refractivity contribution is -0.384. The molecule has 0 aliphatic heterocycles. The molecule has 0 bridgehead atoms. The van der Waals surface area contributed by atoms with Crippen LogP contribution in [0.3, 0.4) is 0 Å². The molecular formula is C15H22N2O2. The minimum atomic E-state index is -0.358. The summed E-state index contributed by atoms with van der Waals surface area (Å²) in [7, 11) is 0. The van der Waals surface area contributed by atoms with Gasteiger partial charge in [-0.1, -0.05) is 31.9 Å². The molecule has 0 radical (unpaired) electrons. The molecule has 1 aromatic carbocycles. The molecule has 1 saturated carbocycles. The monoisotopic (exact) mass is 262 g/mol. The highest BCUT2D eigenvalue weighted by Gasteiger charge is 2.22. The maximum atomic E-state index is 10.5. The topological polar surface area (TPSA) is 55.2 Å². The highest BCUT2D eigenvalue weighted by Crippen LogP contribution is 2.30. The predicted octanol–water partition coefficient (Wildman–Crippen LogP) is 3.16. The standard InChI is InChI=1S/C15H22N2O2/c1-12-3-2-4-14(12)11-16-10-9-13-5-7-15(8-6-13)17(18)19/h5-8,12,14,16H,2-4,9-11H2,1H3. The van der Waals surface area contributed by atoms with Gasteiger partial charge in [0, 0.05) is 12.1 Å². The summed E-state index contributed by atoms with van der Waals surface area (Å²) in [4.78, 5) is 10.2. The molecule has 0 aromatic heterocycles. The van der Waals surface area contributed by atoms with E-state index in [9.17, 15) is 10.1 Å². The Balaban J connectivity index is 1.69. The molecule has 104 valence electrons. The minimum Gasteiger partial charge on any atom is -0.316 e. The summed E-state index contributed by atoms with van der Waals surface area (Å²) >= 11 is 0. The molecule has 1 N–H and O–H groups in total. The van der Waals surface area contributed by atoms with Crippen LogP contribution in [-0.4, -0.2) is 18.0 Å². The summed E-state index contributed by atoms with van der Waals surface area (Å²) in [5.74, 6) is 1.68. The largest absolute Gasteiger partial charge is 0.316 e. The fourth-order valence-electron chi connectivity index (χ4n) is 2.83. The number of nitrogens with one attached hydrogen (secondary N) is 1. The van der Waals surface area contributed by atoms with Crippen LogP contribution in [0.25, 0.3) is 0 Å². The first-order chi connectivity index (χ1) is 9.16. The Hall–Kier alpha value is -1.42. The van der Waals surface area contributed by atoms with Crippen molar-refractivity contribution >= 4 is 5.69 Å². The third-order valence-electron chi connectivity index (χ3n) is 4.18. The van der Waals surface area contributed by atoms with Crippen molar-refractivity contribution < 1.29 is 4.92 Å². The predicted molar refractivity (Wildman–Crippen MR) is 76.2 cm³/mol. The van der Waals surface area contributed by atoms with Gasteiger partial charge in [-0.2, -0.15) is 0 Å². The summed E-state index contributed by atoms with van der Waals surface area (Å²) in [5.41, 5.74) is 1.31. The lowest BCUT2D eigenvalue weighted by atomic mass is 9.98. The third-order valence-corrected chi connectivity index (χ3v) is 4.18. The van der Waals surface area contributed by atoms with Gasteiger partial charge in [0.15, 0.2) is 0 Å². The molecule has 0 spiro atoms. The van der Waals surface area contributed by atoms with Gasteiger partial charge in [0.1, 0.15) is 0 Å². The molecule has 2 rings (SSSR count). The van der Waals surface area contributed by atoms with Crippen molar-refractivity contribution in [2.45, 2.75) is 32.6 Å². The molecule has 19 heavy (non-hydrogen) atoms. The number of benzene rings is 1. The molecule has 0 heterocycles. The van der Waals surface area contributed by atoms with Crippen LogP contribution in [-0.2, 0) is 6.42 Å². The molecule has 0 amide bonds. The Morgan fingerprint density at radius 2 is 2.05 bits per heavy atom. The van der Waals surface area contributed by atoms with E-state index in [1.165, 1.54) is 19.3 Å². The van der Waals surface area contributed by atoms with E-state index in [1.54, 1.807) is 12.1 Å². The zero-order chi connectivity index (χ0) is 13.7. The van der Waals surface area contributed by atoms with E-state index in [0.717, 1.165) is 36.9 Å². The van der Waals surface area contributed by atoms with Crippen LogP contribution in [0, 0.1) is 22.0 Å². The Labute approximate surface area is 114 Å². The van der Waals surface area contributed by atoms with Crippen LogP contribution in [0.2, 0.25) is 0 Å². The van der Waals surface area contributed by atoms with Crippen LogP contribution in [0.5, 0.6) is 0 Å². The van der Waals surface area contributed by atoms with Gasteiger partial charge in [-0.25, -0.2) is 0 Å². The number of nitro groups is 1. The Kier molecular flexibility index (Phi) is 4.91. The quantitative estimate of drug-likeness (QED) is 0.486. The van der Waals surface area contributed by atoms with Crippen molar-refractivity contribution in [2.75, 3.05) is 13.1 Å². The van der Waals surface area contributed by atoms with E-state index < -0.39 is 0 Å². The van der Waals surface area contributed by atoms with Crippen molar-refractivity contribution in [3.05, 3.63) is 39.9 Å². The van der Waals surface area contributed by atoms with Gasteiger partial charge >= 0.3 is 0 Å². The zero-order valence-corrected chi connectivity index (χ0v) is 11.5. The second-order valence-electron chi connectivity index (χ2n) is 5.55. The number of hydrogen-bond acceptors (Lipinski definition) is 3. The summed E-state index contributed by atoms with van der Waals surface area (Å²) in [6.45, 7) is 4.39. The molecule has 4 heteroatoms.